The molecule has 4 heterocycles. The maximum Gasteiger partial charge on any atom is 0.323 e. The van der Waals surface area contributed by atoms with E-state index in [0.29, 0.717) is 50.7 Å². The zero-order chi connectivity index (χ0) is 29.3. The van der Waals surface area contributed by atoms with Crippen LogP contribution >= 0.6 is 0 Å². The lowest BCUT2D eigenvalue weighted by molar-refractivity contribution is 0.262. The molecular weight excluding hydrogens is 520 g/mol. The Morgan fingerprint density at radius 1 is 1.02 bits per heavy atom. The van der Waals surface area contributed by atoms with Crippen LogP contribution in [0.4, 0.5) is 22.1 Å². The number of rotatable bonds is 5. The zero-order valence-corrected chi connectivity index (χ0v) is 23.2. The first-order chi connectivity index (χ1) is 19.6. The van der Waals surface area contributed by atoms with Crippen LogP contribution in [-0.4, -0.2) is 42.4 Å². The van der Waals surface area contributed by atoms with Gasteiger partial charge in [-0.1, -0.05) is 12.1 Å². The zero-order valence-electron chi connectivity index (χ0n) is 23.2. The van der Waals surface area contributed by atoms with Gasteiger partial charge in [-0.05, 0) is 56.7 Å². The molecule has 0 fully saturated rings. The van der Waals surface area contributed by atoms with Crippen molar-refractivity contribution in [1.29, 1.82) is 5.26 Å². The lowest BCUT2D eigenvalue weighted by Crippen LogP contribution is -2.22. The number of hydrogen-bond acceptors (Lipinski definition) is 8. The summed E-state index contributed by atoms with van der Waals surface area (Å²) in [5, 5.41) is 23.1. The molecule has 4 aromatic heterocycles. The molecule has 3 N–H and O–H groups in total. The number of amides is 2. The van der Waals surface area contributed by atoms with Crippen molar-refractivity contribution < 1.29 is 4.79 Å². The Morgan fingerprint density at radius 2 is 1.83 bits per heavy atom. The van der Waals surface area contributed by atoms with Crippen LogP contribution in [0.15, 0.2) is 65.8 Å². The van der Waals surface area contributed by atoms with Crippen LogP contribution in [0.5, 0.6) is 0 Å². The topological polar surface area (TPSA) is 155 Å². The average molecular weight is 549 g/mol. The number of hydrogen-bond donors (Lipinski definition) is 3. The highest BCUT2D eigenvalue weighted by Gasteiger charge is 2.21. The van der Waals surface area contributed by atoms with Crippen LogP contribution in [-0.2, 0) is 12.6 Å². The molecule has 41 heavy (non-hydrogen) atoms. The Balaban J connectivity index is 1.43. The number of nitrogens with zero attached hydrogens (tertiary/aromatic N) is 7. The molecule has 2 amide bonds. The number of carbonyl (C=O) groups is 1. The Hall–Kier alpha value is -5.57. The van der Waals surface area contributed by atoms with Crippen LogP contribution in [0.2, 0.25) is 0 Å². The molecule has 12 nitrogen and oxygen atoms in total. The van der Waals surface area contributed by atoms with E-state index in [0.717, 1.165) is 0 Å². The third kappa shape index (κ3) is 5.46. The molecule has 1 aromatic carbocycles. The molecule has 0 saturated heterocycles. The van der Waals surface area contributed by atoms with Crippen molar-refractivity contribution in [3.8, 4) is 28.5 Å². The Labute approximate surface area is 235 Å². The maximum absolute atomic E-state index is 13.2. The van der Waals surface area contributed by atoms with Crippen molar-refractivity contribution in [3.63, 3.8) is 0 Å². The smallest absolute Gasteiger partial charge is 0.323 e. The minimum Gasteiger partial charge on any atom is -0.357 e. The van der Waals surface area contributed by atoms with Gasteiger partial charge in [-0.15, -0.1) is 0 Å². The standard InChI is InChI=1S/C29H28N10O2/c1-29(2,3)39-16-23(24(37-39)18-9-10-21(13-30)32-14-18)35-28(41)34-20-8-6-7-17(11-20)22-12-19-15-33-27(31-4)36-25(19)38(5)26(22)40/h6-12,14-16H,1-5H3,(H,31,33,36)(H2,34,35,41). The second-order valence-corrected chi connectivity index (χ2v) is 10.4. The van der Waals surface area contributed by atoms with E-state index in [1.165, 1.54) is 4.57 Å². The van der Waals surface area contributed by atoms with Gasteiger partial charge >= 0.3 is 6.03 Å². The molecule has 0 spiro atoms. The first kappa shape index (κ1) is 27.0. The van der Waals surface area contributed by atoms with Gasteiger partial charge in [-0.25, -0.2) is 14.8 Å². The van der Waals surface area contributed by atoms with E-state index in [-0.39, 0.29) is 16.8 Å². The van der Waals surface area contributed by atoms with E-state index in [1.807, 2.05) is 26.8 Å². The number of urea groups is 1. The number of pyridine rings is 2. The summed E-state index contributed by atoms with van der Waals surface area (Å²) < 4.78 is 3.24. The van der Waals surface area contributed by atoms with Crippen molar-refractivity contribution in [1.82, 2.24) is 29.3 Å². The van der Waals surface area contributed by atoms with Crippen molar-refractivity contribution in [2.45, 2.75) is 26.3 Å². The van der Waals surface area contributed by atoms with Gasteiger partial charge in [-0.3, -0.25) is 14.0 Å². The number of benzene rings is 1. The quantitative estimate of drug-likeness (QED) is 0.288. The summed E-state index contributed by atoms with van der Waals surface area (Å²) in [6.45, 7) is 6.00. The molecule has 5 rings (SSSR count). The van der Waals surface area contributed by atoms with Crippen LogP contribution in [0.1, 0.15) is 26.5 Å². The summed E-state index contributed by atoms with van der Waals surface area (Å²) in [5.74, 6) is 0.420. The van der Waals surface area contributed by atoms with Crippen molar-refractivity contribution >= 4 is 34.4 Å². The number of nitriles is 1. The monoisotopic (exact) mass is 548 g/mol. The number of aryl methyl sites for hydroxylation is 1. The highest BCUT2D eigenvalue weighted by Crippen LogP contribution is 2.29. The second-order valence-electron chi connectivity index (χ2n) is 10.4. The molecule has 0 atom stereocenters. The summed E-state index contributed by atoms with van der Waals surface area (Å²) in [6.07, 6.45) is 4.96. The third-order valence-electron chi connectivity index (χ3n) is 6.40. The van der Waals surface area contributed by atoms with Gasteiger partial charge in [0.15, 0.2) is 0 Å². The highest BCUT2D eigenvalue weighted by molar-refractivity contribution is 6.02. The van der Waals surface area contributed by atoms with Gasteiger partial charge in [0.05, 0.1) is 11.2 Å². The number of aromatic nitrogens is 6. The van der Waals surface area contributed by atoms with Gasteiger partial charge in [0.1, 0.15) is 23.1 Å². The Morgan fingerprint density at radius 3 is 2.51 bits per heavy atom. The second kappa shape index (κ2) is 10.5. The predicted molar refractivity (Wildman–Crippen MR) is 158 cm³/mol. The lowest BCUT2D eigenvalue weighted by atomic mass is 10.1. The molecular formula is C29H28N10O2. The minimum atomic E-state index is -0.488. The number of nitrogens with one attached hydrogen (secondary N) is 3. The fraction of sp³-hybridized carbons (Fsp3) is 0.207. The normalized spacial score (nSPS) is 11.2. The molecule has 0 aliphatic rings. The maximum atomic E-state index is 13.2. The summed E-state index contributed by atoms with van der Waals surface area (Å²) in [7, 11) is 3.37. The van der Waals surface area contributed by atoms with Crippen molar-refractivity contribution in [2.24, 2.45) is 7.05 Å². The number of fused-ring (bicyclic) bond motifs is 1. The summed E-state index contributed by atoms with van der Waals surface area (Å²) in [4.78, 5) is 39.1. The van der Waals surface area contributed by atoms with E-state index in [2.05, 4.69) is 36.0 Å². The molecule has 0 saturated carbocycles. The van der Waals surface area contributed by atoms with Crippen molar-refractivity contribution in [2.75, 3.05) is 23.0 Å². The predicted octanol–water partition coefficient (Wildman–Crippen LogP) is 4.57. The minimum absolute atomic E-state index is 0.227. The summed E-state index contributed by atoms with van der Waals surface area (Å²) in [6, 6.07) is 13.6. The molecule has 0 aliphatic heterocycles. The van der Waals surface area contributed by atoms with Gasteiger partial charge in [-0.2, -0.15) is 15.3 Å². The third-order valence-corrected chi connectivity index (χ3v) is 6.40. The van der Waals surface area contributed by atoms with E-state index < -0.39 is 6.03 Å². The molecule has 0 unspecified atom stereocenters. The largest absolute Gasteiger partial charge is 0.357 e. The average Bonchev–Trinajstić information content (AvgIpc) is 3.39. The first-order valence-electron chi connectivity index (χ1n) is 12.8. The van der Waals surface area contributed by atoms with E-state index >= 15 is 0 Å². The molecule has 5 aromatic rings. The summed E-state index contributed by atoms with van der Waals surface area (Å²) in [5.41, 5.74) is 3.45. The number of anilines is 3. The van der Waals surface area contributed by atoms with Gasteiger partial charge < -0.3 is 16.0 Å². The van der Waals surface area contributed by atoms with Crippen LogP contribution < -0.4 is 21.5 Å². The van der Waals surface area contributed by atoms with E-state index in [4.69, 9.17) is 5.26 Å². The molecule has 0 radical (unpaired) electrons. The fourth-order valence-electron chi connectivity index (χ4n) is 4.25. The Kier molecular flexibility index (Phi) is 6.94. The fourth-order valence-corrected chi connectivity index (χ4v) is 4.25. The molecule has 0 bridgehead atoms. The van der Waals surface area contributed by atoms with Crippen LogP contribution in [0.25, 0.3) is 33.4 Å². The van der Waals surface area contributed by atoms with Gasteiger partial charge in [0.25, 0.3) is 5.56 Å². The molecule has 12 heteroatoms. The van der Waals surface area contributed by atoms with E-state index in [9.17, 15) is 9.59 Å². The van der Waals surface area contributed by atoms with Crippen LogP contribution in [0, 0.1) is 11.3 Å². The van der Waals surface area contributed by atoms with Gasteiger partial charge in [0, 0.05) is 54.9 Å². The summed E-state index contributed by atoms with van der Waals surface area (Å²) >= 11 is 0. The SMILES string of the molecule is CNc1ncc2cc(-c3cccc(NC(=O)Nc4cn(C(C)(C)C)nc4-c4ccc(C#N)nc4)c3)c(=O)n(C)c2n1. The van der Waals surface area contributed by atoms with Gasteiger partial charge in [0.2, 0.25) is 5.95 Å². The first-order valence-corrected chi connectivity index (χ1v) is 12.8. The van der Waals surface area contributed by atoms with Crippen LogP contribution in [0.3, 0.4) is 0 Å². The Bertz CT molecular complexity index is 1880. The highest BCUT2D eigenvalue weighted by atomic mass is 16.2. The molecule has 0 aliphatic carbocycles. The molecule has 206 valence electrons. The number of carbonyl (C=O) groups excluding carboxylic acids is 1. The van der Waals surface area contributed by atoms with E-state index in [1.54, 1.807) is 79.8 Å². The van der Waals surface area contributed by atoms with Crippen molar-refractivity contribution in [3.05, 3.63) is 77.1 Å². The lowest BCUT2D eigenvalue weighted by Gasteiger charge is -2.18.